The Morgan fingerprint density at radius 3 is 2.40 bits per heavy atom. The molecule has 0 aromatic carbocycles. The molecule has 1 rings (SSSR count). The first kappa shape index (κ1) is 18.2. The van der Waals surface area contributed by atoms with Gasteiger partial charge < -0.3 is 25.7 Å². The molecule has 1 aliphatic rings. The summed E-state index contributed by atoms with van der Waals surface area (Å²) in [5.74, 6) is -2.20. The summed E-state index contributed by atoms with van der Waals surface area (Å²) in [6, 6.07) is -1.06. The number of carboxylic acids is 2. The smallest absolute Gasteiger partial charge is 0.320 e. The lowest BCUT2D eigenvalue weighted by Gasteiger charge is -2.17. The topological polar surface area (TPSA) is 107 Å². The highest BCUT2D eigenvalue weighted by atomic mass is 16.4. The number of hydrogen-bond acceptors (Lipinski definition) is 5. The van der Waals surface area contributed by atoms with Gasteiger partial charge in [0.1, 0.15) is 6.04 Å². The molecule has 0 radical (unpaired) electrons. The molecule has 0 amide bonds. The summed E-state index contributed by atoms with van der Waals surface area (Å²) in [6.07, 6.45) is 6.65. The van der Waals surface area contributed by atoms with Gasteiger partial charge in [0.25, 0.3) is 0 Å². The van der Waals surface area contributed by atoms with E-state index < -0.39 is 18.0 Å². The van der Waals surface area contributed by atoms with E-state index in [0.717, 1.165) is 6.67 Å². The lowest BCUT2D eigenvalue weighted by atomic mass is 10.2. The third-order valence-corrected chi connectivity index (χ3v) is 2.72. The summed E-state index contributed by atoms with van der Waals surface area (Å²) in [5, 5.41) is 16.3. The monoisotopic (exact) mass is 287 g/mol. The summed E-state index contributed by atoms with van der Waals surface area (Å²) >= 11 is 0. The van der Waals surface area contributed by atoms with E-state index in [4.69, 9.17) is 15.9 Å². The summed E-state index contributed by atoms with van der Waals surface area (Å²) in [5.41, 5.74) is 5.00. The molecule has 116 valence electrons. The van der Waals surface area contributed by atoms with Crippen molar-refractivity contribution in [2.45, 2.75) is 38.6 Å². The maximum Gasteiger partial charge on any atom is 0.320 e. The van der Waals surface area contributed by atoms with E-state index in [1.54, 1.807) is 0 Å². The third-order valence-electron chi connectivity index (χ3n) is 2.72. The lowest BCUT2D eigenvalue weighted by Crippen LogP contribution is -2.30. The molecular formula is C13H25N3O4. The van der Waals surface area contributed by atoms with Crippen LogP contribution < -0.4 is 5.73 Å². The third kappa shape index (κ3) is 9.21. The van der Waals surface area contributed by atoms with Gasteiger partial charge in [0.2, 0.25) is 0 Å². The van der Waals surface area contributed by atoms with E-state index in [2.05, 4.69) is 36.2 Å². The zero-order chi connectivity index (χ0) is 15.5. The fourth-order valence-electron chi connectivity index (χ4n) is 1.50. The number of carboxylic acid groups (broad SMARTS) is 2. The summed E-state index contributed by atoms with van der Waals surface area (Å²) in [4.78, 5) is 24.4. The zero-order valence-corrected chi connectivity index (χ0v) is 12.2. The van der Waals surface area contributed by atoms with Crippen LogP contribution in [-0.4, -0.2) is 58.3 Å². The Balaban J connectivity index is 0.000000361. The van der Waals surface area contributed by atoms with E-state index in [0.29, 0.717) is 0 Å². The number of rotatable bonds is 7. The number of nitrogens with zero attached hydrogens (tertiary/aromatic N) is 2. The van der Waals surface area contributed by atoms with Gasteiger partial charge in [0, 0.05) is 32.4 Å². The summed E-state index contributed by atoms with van der Waals surface area (Å²) < 4.78 is 0. The zero-order valence-electron chi connectivity index (χ0n) is 12.2. The predicted molar refractivity (Wildman–Crippen MR) is 75.9 cm³/mol. The van der Waals surface area contributed by atoms with Crippen molar-refractivity contribution < 1.29 is 19.8 Å². The minimum atomic E-state index is -1.17. The molecular weight excluding hydrogens is 262 g/mol. The van der Waals surface area contributed by atoms with Crippen LogP contribution in [-0.2, 0) is 9.59 Å². The lowest BCUT2D eigenvalue weighted by molar-refractivity contribution is -0.139. The standard InChI is InChI=1S/C8H16N2.C5H9NO4/c1-3-4-5-10-7-6-9(2)8-10;6-3(5(9)10)1-2-4(7)8/h6-7H,3-5,8H2,1-2H3;3H,1-2,6H2,(H,7,8)(H,9,10). The van der Waals surface area contributed by atoms with Crippen LogP contribution in [0.4, 0.5) is 0 Å². The second-order valence-corrected chi connectivity index (χ2v) is 4.74. The fraction of sp³-hybridized carbons (Fsp3) is 0.692. The molecule has 20 heavy (non-hydrogen) atoms. The van der Waals surface area contributed by atoms with Crippen molar-refractivity contribution in [3.05, 3.63) is 12.4 Å². The van der Waals surface area contributed by atoms with Gasteiger partial charge in [-0.15, -0.1) is 0 Å². The van der Waals surface area contributed by atoms with Gasteiger partial charge in [-0.1, -0.05) is 13.3 Å². The molecule has 0 saturated carbocycles. The number of hydrogen-bond donors (Lipinski definition) is 3. The fourth-order valence-corrected chi connectivity index (χ4v) is 1.50. The van der Waals surface area contributed by atoms with Crippen LogP contribution in [0.15, 0.2) is 12.4 Å². The van der Waals surface area contributed by atoms with Crippen molar-refractivity contribution >= 4 is 11.9 Å². The van der Waals surface area contributed by atoms with Gasteiger partial charge in [-0.25, -0.2) is 0 Å². The average molecular weight is 287 g/mol. The van der Waals surface area contributed by atoms with Crippen LogP contribution >= 0.6 is 0 Å². The first-order chi connectivity index (χ1) is 9.36. The molecule has 1 heterocycles. The molecule has 1 atom stereocenters. The van der Waals surface area contributed by atoms with E-state index in [1.807, 2.05) is 0 Å². The molecule has 1 aliphatic heterocycles. The quantitative estimate of drug-likeness (QED) is 0.633. The van der Waals surface area contributed by atoms with Crippen molar-refractivity contribution in [2.24, 2.45) is 5.73 Å². The van der Waals surface area contributed by atoms with E-state index >= 15 is 0 Å². The minimum Gasteiger partial charge on any atom is -0.481 e. The molecule has 0 spiro atoms. The van der Waals surface area contributed by atoms with Crippen LogP contribution in [0.5, 0.6) is 0 Å². The molecule has 0 aliphatic carbocycles. The van der Waals surface area contributed by atoms with Crippen LogP contribution in [0.3, 0.4) is 0 Å². The maximum absolute atomic E-state index is 9.99. The number of aliphatic carboxylic acids is 2. The molecule has 4 N–H and O–H groups in total. The summed E-state index contributed by atoms with van der Waals surface area (Å²) in [7, 11) is 2.10. The van der Waals surface area contributed by atoms with Crippen LogP contribution in [0.2, 0.25) is 0 Å². The Hall–Kier alpha value is -1.76. The van der Waals surface area contributed by atoms with E-state index in [9.17, 15) is 9.59 Å². The maximum atomic E-state index is 9.99. The molecule has 0 fully saturated rings. The molecule has 0 aromatic rings. The molecule has 0 aromatic heterocycles. The van der Waals surface area contributed by atoms with E-state index in [-0.39, 0.29) is 12.8 Å². The highest BCUT2D eigenvalue weighted by Crippen LogP contribution is 2.04. The highest BCUT2D eigenvalue weighted by Gasteiger charge is 2.12. The predicted octanol–water partition coefficient (Wildman–Crippen LogP) is 0.726. The Kier molecular flexibility index (Phi) is 9.19. The molecule has 7 nitrogen and oxygen atoms in total. The molecule has 0 saturated heterocycles. The number of carbonyl (C=O) groups is 2. The van der Waals surface area contributed by atoms with Gasteiger partial charge in [0.15, 0.2) is 0 Å². The minimum absolute atomic E-state index is 0.0231. The van der Waals surface area contributed by atoms with Gasteiger partial charge >= 0.3 is 11.9 Å². The Morgan fingerprint density at radius 2 is 2.00 bits per heavy atom. The van der Waals surface area contributed by atoms with Gasteiger partial charge in [-0.3, -0.25) is 9.59 Å². The molecule has 7 heteroatoms. The molecule has 1 unspecified atom stereocenters. The second-order valence-electron chi connectivity index (χ2n) is 4.74. The number of unbranched alkanes of at least 4 members (excludes halogenated alkanes) is 1. The average Bonchev–Trinajstić information content (AvgIpc) is 2.79. The summed E-state index contributed by atoms with van der Waals surface area (Å²) in [6.45, 7) is 4.50. The van der Waals surface area contributed by atoms with E-state index in [1.165, 1.54) is 19.4 Å². The first-order valence-electron chi connectivity index (χ1n) is 6.69. The number of nitrogens with two attached hydrogens (primary N) is 1. The van der Waals surface area contributed by atoms with Crippen LogP contribution in [0.25, 0.3) is 0 Å². The first-order valence-corrected chi connectivity index (χ1v) is 6.69. The highest BCUT2D eigenvalue weighted by molar-refractivity contribution is 5.74. The normalized spacial score (nSPS) is 14.8. The van der Waals surface area contributed by atoms with Crippen LogP contribution in [0, 0.1) is 0 Å². The van der Waals surface area contributed by atoms with Crippen molar-refractivity contribution in [1.29, 1.82) is 0 Å². The van der Waals surface area contributed by atoms with Crippen molar-refractivity contribution in [1.82, 2.24) is 9.80 Å². The Labute approximate surface area is 119 Å². The Bertz CT molecular complexity index is 334. The van der Waals surface area contributed by atoms with Crippen molar-refractivity contribution in [3.63, 3.8) is 0 Å². The Morgan fingerprint density at radius 1 is 1.35 bits per heavy atom. The van der Waals surface area contributed by atoms with Crippen molar-refractivity contribution in [2.75, 3.05) is 20.3 Å². The largest absolute Gasteiger partial charge is 0.481 e. The van der Waals surface area contributed by atoms with Gasteiger partial charge in [0.05, 0.1) is 6.67 Å². The van der Waals surface area contributed by atoms with Crippen molar-refractivity contribution in [3.8, 4) is 0 Å². The molecule has 0 bridgehead atoms. The SMILES string of the molecule is CCCCN1C=CN(C)C1.NC(CCC(=O)O)C(=O)O. The second kappa shape index (κ2) is 10.1. The van der Waals surface area contributed by atoms with Gasteiger partial charge in [-0.2, -0.15) is 0 Å². The van der Waals surface area contributed by atoms with Gasteiger partial charge in [-0.05, 0) is 12.8 Å². The van der Waals surface area contributed by atoms with Crippen LogP contribution in [0.1, 0.15) is 32.6 Å².